The molecule has 0 unspecified atom stereocenters. The van der Waals surface area contributed by atoms with Crippen molar-refractivity contribution in [1.82, 2.24) is 14.7 Å². The van der Waals surface area contributed by atoms with Gasteiger partial charge in [-0.05, 0) is 61.1 Å². The third-order valence-corrected chi connectivity index (χ3v) is 8.56. The molecular weight excluding hydrogens is 576 g/mol. The highest BCUT2D eigenvalue weighted by atomic mass is 19.4. The van der Waals surface area contributed by atoms with Crippen LogP contribution in [0.4, 0.5) is 26.3 Å². The minimum absolute atomic E-state index is 0.0336. The van der Waals surface area contributed by atoms with E-state index in [9.17, 15) is 40.7 Å². The molecule has 0 N–H and O–H groups in total. The molecule has 0 bridgehead atoms. The number of hydrogen-bond donors (Lipinski definition) is 0. The van der Waals surface area contributed by atoms with Gasteiger partial charge in [0.05, 0.1) is 11.1 Å². The van der Waals surface area contributed by atoms with E-state index in [-0.39, 0.29) is 42.3 Å². The third kappa shape index (κ3) is 7.51. The Kier molecular flexibility index (Phi) is 9.46. The Hall–Kier alpha value is -3.57. The fraction of sp³-hybridized carbons (Fsp3) is 0.516. The van der Waals surface area contributed by atoms with Gasteiger partial charge < -0.3 is 14.7 Å². The number of carbonyl (C=O) groups is 3. The Morgan fingerprint density at radius 3 is 1.95 bits per heavy atom. The SMILES string of the molecule is CC(=O)N1CCC(C(=O)N2CC[C@H](C(=O)N(C)Cc3cc(C(F)(F)F)cc(C(F)(F)F)c3)[C@@H](c3ccccc3C)C2)CC1. The number of alkyl halides is 6. The molecule has 2 fully saturated rings. The van der Waals surface area contributed by atoms with Crippen molar-refractivity contribution in [2.45, 2.75) is 57.9 Å². The van der Waals surface area contributed by atoms with Crippen molar-refractivity contribution < 1.29 is 40.7 Å². The summed E-state index contributed by atoms with van der Waals surface area (Å²) < 4.78 is 80.4. The summed E-state index contributed by atoms with van der Waals surface area (Å²) in [5.41, 5.74) is -1.38. The molecule has 0 radical (unpaired) electrons. The Balaban J connectivity index is 1.56. The lowest BCUT2D eigenvalue weighted by atomic mass is 9.77. The highest BCUT2D eigenvalue weighted by Crippen LogP contribution is 2.39. The number of amides is 3. The van der Waals surface area contributed by atoms with E-state index in [1.807, 2.05) is 31.2 Å². The fourth-order valence-corrected chi connectivity index (χ4v) is 6.21. The van der Waals surface area contributed by atoms with Crippen LogP contribution in [0.3, 0.4) is 0 Å². The van der Waals surface area contributed by atoms with Crippen molar-refractivity contribution in [3.05, 3.63) is 70.3 Å². The third-order valence-electron chi connectivity index (χ3n) is 8.56. The number of halogens is 6. The zero-order valence-corrected chi connectivity index (χ0v) is 24.3. The van der Waals surface area contributed by atoms with Gasteiger partial charge in [0, 0.05) is 64.4 Å². The molecule has 4 rings (SSSR count). The molecule has 0 aliphatic carbocycles. The summed E-state index contributed by atoms with van der Waals surface area (Å²) in [6, 6.07) is 8.78. The first kappa shape index (κ1) is 32.3. The van der Waals surface area contributed by atoms with E-state index < -0.39 is 47.8 Å². The molecule has 2 aromatic rings. The lowest BCUT2D eigenvalue weighted by Crippen LogP contribution is -2.50. The lowest BCUT2D eigenvalue weighted by Gasteiger charge is -2.42. The van der Waals surface area contributed by atoms with Crippen molar-refractivity contribution in [3.63, 3.8) is 0 Å². The Morgan fingerprint density at radius 1 is 0.860 bits per heavy atom. The molecule has 12 heteroatoms. The Morgan fingerprint density at radius 2 is 1.42 bits per heavy atom. The number of likely N-dealkylation sites (tertiary alicyclic amines) is 2. The summed E-state index contributed by atoms with van der Waals surface area (Å²) in [5, 5.41) is 0. The minimum atomic E-state index is -4.99. The average Bonchev–Trinajstić information content (AvgIpc) is 2.95. The largest absolute Gasteiger partial charge is 0.416 e. The van der Waals surface area contributed by atoms with Gasteiger partial charge in [0.25, 0.3) is 0 Å². The first-order valence-electron chi connectivity index (χ1n) is 14.2. The number of rotatable bonds is 5. The molecule has 2 aliphatic rings. The quantitative estimate of drug-likeness (QED) is 0.397. The number of piperidine rings is 2. The van der Waals surface area contributed by atoms with Crippen LogP contribution < -0.4 is 0 Å². The van der Waals surface area contributed by atoms with Crippen LogP contribution in [0.1, 0.15) is 59.9 Å². The van der Waals surface area contributed by atoms with Crippen molar-refractivity contribution in [2.24, 2.45) is 11.8 Å². The predicted octanol–water partition coefficient (Wildman–Crippen LogP) is 5.88. The summed E-state index contributed by atoms with van der Waals surface area (Å²) >= 11 is 0. The van der Waals surface area contributed by atoms with Crippen molar-refractivity contribution in [2.75, 3.05) is 33.2 Å². The van der Waals surface area contributed by atoms with Gasteiger partial charge >= 0.3 is 12.4 Å². The van der Waals surface area contributed by atoms with E-state index in [1.54, 1.807) is 9.80 Å². The standard InChI is InChI=1S/C31H35F6N3O3/c1-19-6-4-5-7-25(19)27-18-40(28(42)22-8-11-39(12-9-22)20(2)41)13-10-26(27)29(43)38(3)17-21-14-23(30(32,33)34)16-24(15-21)31(35,36)37/h4-7,14-16,22,26-27H,8-13,17-18H2,1-3H3/t26-,27+/m0/s1. The van der Waals surface area contributed by atoms with Crippen LogP contribution in [0.15, 0.2) is 42.5 Å². The first-order chi connectivity index (χ1) is 20.1. The van der Waals surface area contributed by atoms with Crippen LogP contribution in [0.2, 0.25) is 0 Å². The van der Waals surface area contributed by atoms with Gasteiger partial charge in [-0.3, -0.25) is 14.4 Å². The summed E-state index contributed by atoms with van der Waals surface area (Å²) in [5.74, 6) is -1.78. The molecule has 234 valence electrons. The molecule has 6 nitrogen and oxygen atoms in total. The number of nitrogens with zero attached hydrogens (tertiary/aromatic N) is 3. The van der Waals surface area contributed by atoms with Gasteiger partial charge in [-0.1, -0.05) is 24.3 Å². The van der Waals surface area contributed by atoms with E-state index in [4.69, 9.17) is 0 Å². The summed E-state index contributed by atoms with van der Waals surface area (Å²) in [6.45, 7) is 4.48. The minimum Gasteiger partial charge on any atom is -0.343 e. The molecule has 2 aromatic carbocycles. The molecule has 2 heterocycles. The lowest BCUT2D eigenvalue weighted by molar-refractivity contribution is -0.145. The second kappa shape index (κ2) is 12.6. The molecule has 43 heavy (non-hydrogen) atoms. The molecule has 2 atom stereocenters. The van der Waals surface area contributed by atoms with Crippen LogP contribution in [-0.4, -0.2) is 65.6 Å². The van der Waals surface area contributed by atoms with Crippen molar-refractivity contribution in [1.29, 1.82) is 0 Å². The molecule has 2 aliphatic heterocycles. The van der Waals surface area contributed by atoms with E-state index in [1.165, 1.54) is 18.9 Å². The van der Waals surface area contributed by atoms with Crippen LogP contribution in [0, 0.1) is 18.8 Å². The Labute approximate surface area is 246 Å². The van der Waals surface area contributed by atoms with Crippen molar-refractivity contribution in [3.8, 4) is 0 Å². The smallest absolute Gasteiger partial charge is 0.343 e. The average molecular weight is 612 g/mol. The number of carbonyl (C=O) groups excluding carboxylic acids is 3. The monoisotopic (exact) mass is 611 g/mol. The van der Waals surface area contributed by atoms with E-state index in [0.29, 0.717) is 44.6 Å². The molecule has 3 amide bonds. The zero-order chi connectivity index (χ0) is 31.7. The maximum absolute atomic E-state index is 13.8. The molecule has 0 saturated carbocycles. The van der Waals surface area contributed by atoms with E-state index in [0.717, 1.165) is 11.1 Å². The maximum Gasteiger partial charge on any atom is 0.416 e. The van der Waals surface area contributed by atoms with Gasteiger partial charge in [-0.2, -0.15) is 26.3 Å². The van der Waals surface area contributed by atoms with Crippen LogP contribution in [0.25, 0.3) is 0 Å². The topological polar surface area (TPSA) is 60.9 Å². The van der Waals surface area contributed by atoms with Crippen LogP contribution in [0.5, 0.6) is 0 Å². The summed E-state index contributed by atoms with van der Waals surface area (Å²) in [6.07, 6.45) is -8.60. The first-order valence-corrected chi connectivity index (χ1v) is 14.2. The van der Waals surface area contributed by atoms with Gasteiger partial charge in [0.1, 0.15) is 0 Å². The zero-order valence-electron chi connectivity index (χ0n) is 24.3. The highest BCUT2D eigenvalue weighted by molar-refractivity contribution is 5.82. The molecule has 2 saturated heterocycles. The normalized spacial score (nSPS) is 20.2. The van der Waals surface area contributed by atoms with Gasteiger partial charge in [-0.25, -0.2) is 0 Å². The van der Waals surface area contributed by atoms with Crippen molar-refractivity contribution >= 4 is 17.7 Å². The Bertz CT molecular complexity index is 1320. The molecule has 0 aromatic heterocycles. The number of benzene rings is 2. The van der Waals surface area contributed by atoms with Gasteiger partial charge in [0.2, 0.25) is 17.7 Å². The highest BCUT2D eigenvalue weighted by Gasteiger charge is 2.41. The van der Waals surface area contributed by atoms with Crippen LogP contribution >= 0.6 is 0 Å². The fourth-order valence-electron chi connectivity index (χ4n) is 6.21. The van der Waals surface area contributed by atoms with E-state index in [2.05, 4.69) is 0 Å². The second-order valence-corrected chi connectivity index (χ2v) is 11.5. The predicted molar refractivity (Wildman–Crippen MR) is 147 cm³/mol. The maximum atomic E-state index is 13.8. The second-order valence-electron chi connectivity index (χ2n) is 11.5. The summed E-state index contributed by atoms with van der Waals surface area (Å²) in [4.78, 5) is 43.6. The molecular formula is C31H35F6N3O3. The van der Waals surface area contributed by atoms with Crippen LogP contribution in [-0.2, 0) is 33.3 Å². The van der Waals surface area contributed by atoms with E-state index >= 15 is 0 Å². The molecule has 0 spiro atoms. The summed E-state index contributed by atoms with van der Waals surface area (Å²) in [7, 11) is 1.37. The number of hydrogen-bond acceptors (Lipinski definition) is 3. The number of aryl methyl sites for hydroxylation is 1. The van der Waals surface area contributed by atoms with Gasteiger partial charge in [-0.15, -0.1) is 0 Å². The van der Waals surface area contributed by atoms with Gasteiger partial charge in [0.15, 0.2) is 0 Å².